The Morgan fingerprint density at radius 2 is 1.84 bits per heavy atom. The van der Waals surface area contributed by atoms with E-state index in [2.05, 4.69) is 16.9 Å². The molecule has 1 aromatic heterocycles. The van der Waals surface area contributed by atoms with Gasteiger partial charge < -0.3 is 10.4 Å². The van der Waals surface area contributed by atoms with Crippen molar-refractivity contribution < 1.29 is 19.5 Å². The molecule has 2 aromatic carbocycles. The van der Waals surface area contributed by atoms with Crippen LogP contribution in [0.25, 0.3) is 10.9 Å². The maximum Gasteiger partial charge on any atom is 0.335 e. The van der Waals surface area contributed by atoms with Crippen LogP contribution in [0.5, 0.6) is 0 Å². The molecule has 0 aliphatic carbocycles. The van der Waals surface area contributed by atoms with Crippen molar-refractivity contribution in [2.75, 3.05) is 5.32 Å². The molecule has 0 bridgehead atoms. The van der Waals surface area contributed by atoms with Gasteiger partial charge in [0.15, 0.2) is 10.9 Å². The second kappa shape index (κ2) is 9.61. The largest absolute Gasteiger partial charge is 0.478 e. The van der Waals surface area contributed by atoms with Gasteiger partial charge in [-0.3, -0.25) is 19.0 Å². The molecule has 0 radical (unpaired) electrons. The Morgan fingerprint density at radius 3 is 2.44 bits per heavy atom. The minimum atomic E-state index is -1.12. The van der Waals surface area contributed by atoms with E-state index in [4.69, 9.17) is 0 Å². The standard InChI is InChI=1S/C23H21N3O5S/c1-4-11-26-21(29)18-10-7-16(22(30)31)12-19(18)25-23(26)32-14(3)20(28)24-17-8-5-15(6-9-17)13(2)27/h4-10,12,14H,1,11H2,2-3H3,(H,24,28)(H,30,31)/t14-/m0/s1. The normalized spacial score (nSPS) is 11.7. The summed E-state index contributed by atoms with van der Waals surface area (Å²) in [5.74, 6) is -1.51. The molecule has 0 saturated carbocycles. The maximum absolute atomic E-state index is 12.9. The first-order valence-electron chi connectivity index (χ1n) is 9.68. The highest BCUT2D eigenvalue weighted by Gasteiger charge is 2.20. The van der Waals surface area contributed by atoms with Gasteiger partial charge in [-0.2, -0.15) is 0 Å². The van der Waals surface area contributed by atoms with Crippen molar-refractivity contribution in [2.45, 2.75) is 30.8 Å². The molecule has 0 fully saturated rings. The average molecular weight is 452 g/mol. The number of benzene rings is 2. The predicted octanol–water partition coefficient (Wildman–Crippen LogP) is 3.60. The molecule has 2 N–H and O–H groups in total. The number of Topliss-reactive ketones (excluding diaryl/α,β-unsaturated/α-hetero) is 1. The Labute approximate surface area is 188 Å². The van der Waals surface area contributed by atoms with Gasteiger partial charge in [-0.1, -0.05) is 17.8 Å². The number of thioether (sulfide) groups is 1. The zero-order valence-corrected chi connectivity index (χ0v) is 18.3. The number of anilines is 1. The van der Waals surface area contributed by atoms with Crippen molar-refractivity contribution in [3.8, 4) is 0 Å². The van der Waals surface area contributed by atoms with Gasteiger partial charge in [-0.05, 0) is 56.3 Å². The maximum atomic E-state index is 12.9. The summed E-state index contributed by atoms with van der Waals surface area (Å²) < 4.78 is 1.39. The van der Waals surface area contributed by atoms with Crippen LogP contribution in [0.4, 0.5) is 5.69 Å². The van der Waals surface area contributed by atoms with Gasteiger partial charge in [0.05, 0.1) is 21.7 Å². The van der Waals surface area contributed by atoms with Crippen molar-refractivity contribution in [1.82, 2.24) is 9.55 Å². The Morgan fingerprint density at radius 1 is 1.19 bits per heavy atom. The summed E-state index contributed by atoms with van der Waals surface area (Å²) in [6.07, 6.45) is 1.55. The fraction of sp³-hybridized carbons (Fsp3) is 0.174. The Bertz CT molecular complexity index is 1280. The lowest BCUT2D eigenvalue weighted by atomic mass is 10.1. The lowest BCUT2D eigenvalue weighted by Gasteiger charge is -2.16. The van der Waals surface area contributed by atoms with Crippen molar-refractivity contribution in [3.63, 3.8) is 0 Å². The van der Waals surface area contributed by atoms with Gasteiger partial charge in [-0.15, -0.1) is 6.58 Å². The molecule has 8 nitrogen and oxygen atoms in total. The van der Waals surface area contributed by atoms with E-state index in [0.29, 0.717) is 11.3 Å². The smallest absolute Gasteiger partial charge is 0.335 e. The molecule has 0 aliphatic heterocycles. The number of nitrogens with zero attached hydrogens (tertiary/aromatic N) is 2. The molecule has 0 spiro atoms. The highest BCUT2D eigenvalue weighted by Crippen LogP contribution is 2.24. The van der Waals surface area contributed by atoms with Gasteiger partial charge in [0.25, 0.3) is 5.56 Å². The van der Waals surface area contributed by atoms with Crippen LogP contribution >= 0.6 is 11.8 Å². The third-order valence-corrected chi connectivity index (χ3v) is 5.78. The Kier molecular flexibility index (Phi) is 6.89. The highest BCUT2D eigenvalue weighted by atomic mass is 32.2. The van der Waals surface area contributed by atoms with E-state index in [1.165, 1.54) is 29.7 Å². The lowest BCUT2D eigenvalue weighted by Crippen LogP contribution is -2.27. The van der Waals surface area contributed by atoms with Gasteiger partial charge in [0.1, 0.15) is 0 Å². The Balaban J connectivity index is 1.89. The molecule has 1 amide bonds. The number of ketones is 1. The zero-order valence-electron chi connectivity index (χ0n) is 17.5. The van der Waals surface area contributed by atoms with Crippen LogP contribution in [0.2, 0.25) is 0 Å². The molecule has 3 rings (SSSR count). The number of fused-ring (bicyclic) bond motifs is 1. The zero-order chi connectivity index (χ0) is 23.4. The SMILES string of the molecule is C=CCn1c(S[C@@H](C)C(=O)Nc2ccc(C(C)=O)cc2)nc2cc(C(=O)O)ccc2c1=O. The van der Waals surface area contributed by atoms with Crippen molar-refractivity contribution in [1.29, 1.82) is 0 Å². The number of allylic oxidation sites excluding steroid dienone is 1. The second-order valence-corrected chi connectivity index (χ2v) is 8.33. The van der Waals surface area contributed by atoms with Crippen LogP contribution in [-0.2, 0) is 11.3 Å². The summed E-state index contributed by atoms with van der Waals surface area (Å²) in [5.41, 5.74) is 0.988. The summed E-state index contributed by atoms with van der Waals surface area (Å²) in [5, 5.41) is 11.9. The van der Waals surface area contributed by atoms with E-state index in [-0.39, 0.29) is 45.4 Å². The fourth-order valence-corrected chi connectivity index (χ4v) is 3.88. The predicted molar refractivity (Wildman–Crippen MR) is 124 cm³/mol. The molecule has 9 heteroatoms. The van der Waals surface area contributed by atoms with Crippen LogP contribution in [0, 0.1) is 0 Å². The molecule has 164 valence electrons. The number of carboxylic acid groups (broad SMARTS) is 1. The fourth-order valence-electron chi connectivity index (χ4n) is 2.96. The van der Waals surface area contributed by atoms with Gasteiger partial charge in [-0.25, -0.2) is 9.78 Å². The second-order valence-electron chi connectivity index (χ2n) is 7.02. The molecule has 0 unspecified atom stereocenters. The van der Waals surface area contributed by atoms with Crippen molar-refractivity contribution in [2.24, 2.45) is 0 Å². The number of carbonyl (C=O) groups excluding carboxylic acids is 2. The van der Waals surface area contributed by atoms with Gasteiger partial charge >= 0.3 is 5.97 Å². The number of carbonyl (C=O) groups is 3. The first kappa shape index (κ1) is 23.0. The number of amides is 1. The van der Waals surface area contributed by atoms with E-state index in [1.807, 2.05) is 0 Å². The molecule has 0 saturated heterocycles. The minimum absolute atomic E-state index is 0.0154. The topological polar surface area (TPSA) is 118 Å². The van der Waals surface area contributed by atoms with Gasteiger partial charge in [0.2, 0.25) is 5.91 Å². The average Bonchev–Trinajstić information content (AvgIpc) is 2.76. The van der Waals surface area contributed by atoms with Crippen LogP contribution in [0.15, 0.2) is 65.1 Å². The molecule has 3 aromatic rings. The highest BCUT2D eigenvalue weighted by molar-refractivity contribution is 8.00. The number of hydrogen-bond acceptors (Lipinski definition) is 6. The number of carboxylic acids is 1. The summed E-state index contributed by atoms with van der Waals surface area (Å²) >= 11 is 1.08. The number of aromatic nitrogens is 2. The van der Waals surface area contributed by atoms with E-state index in [9.17, 15) is 24.3 Å². The van der Waals surface area contributed by atoms with Crippen LogP contribution in [-0.4, -0.2) is 37.6 Å². The third kappa shape index (κ3) is 4.94. The van der Waals surface area contributed by atoms with E-state index >= 15 is 0 Å². The van der Waals surface area contributed by atoms with Crippen LogP contribution in [0.1, 0.15) is 34.6 Å². The van der Waals surface area contributed by atoms with E-state index in [1.54, 1.807) is 37.3 Å². The summed E-state index contributed by atoms with van der Waals surface area (Å²) in [7, 11) is 0. The minimum Gasteiger partial charge on any atom is -0.478 e. The van der Waals surface area contributed by atoms with E-state index in [0.717, 1.165) is 11.8 Å². The Hall–Kier alpha value is -3.72. The summed E-state index contributed by atoms with van der Waals surface area (Å²) in [6, 6.07) is 10.7. The molecule has 32 heavy (non-hydrogen) atoms. The van der Waals surface area contributed by atoms with Crippen molar-refractivity contribution >= 4 is 46.0 Å². The number of nitrogens with one attached hydrogen (secondary N) is 1. The third-order valence-electron chi connectivity index (χ3n) is 4.69. The monoisotopic (exact) mass is 451 g/mol. The van der Waals surface area contributed by atoms with Crippen molar-refractivity contribution in [3.05, 3.63) is 76.6 Å². The number of hydrogen-bond donors (Lipinski definition) is 2. The molecule has 1 atom stereocenters. The quantitative estimate of drug-likeness (QED) is 0.232. The van der Waals surface area contributed by atoms with Crippen LogP contribution in [0.3, 0.4) is 0 Å². The summed E-state index contributed by atoms with van der Waals surface area (Å²) in [4.78, 5) is 52.7. The molecule has 0 aliphatic rings. The first-order chi connectivity index (χ1) is 15.2. The summed E-state index contributed by atoms with van der Waals surface area (Å²) in [6.45, 7) is 6.99. The molecular formula is C23H21N3O5S. The van der Waals surface area contributed by atoms with E-state index < -0.39 is 11.2 Å². The first-order valence-corrected chi connectivity index (χ1v) is 10.6. The number of aromatic carboxylic acids is 1. The van der Waals surface area contributed by atoms with Crippen LogP contribution < -0.4 is 10.9 Å². The molecule has 1 heterocycles. The molecular weight excluding hydrogens is 430 g/mol. The number of rotatable bonds is 8. The van der Waals surface area contributed by atoms with Gasteiger partial charge in [0, 0.05) is 17.8 Å². The lowest BCUT2D eigenvalue weighted by molar-refractivity contribution is -0.115.